The van der Waals surface area contributed by atoms with Gasteiger partial charge in [-0.05, 0) is 49.5 Å². The summed E-state index contributed by atoms with van der Waals surface area (Å²) >= 11 is 0. The lowest BCUT2D eigenvalue weighted by Crippen LogP contribution is -1.90. The van der Waals surface area contributed by atoms with Crippen molar-refractivity contribution in [2.45, 2.75) is 27.2 Å². The van der Waals surface area contributed by atoms with Crippen LogP contribution in [0.1, 0.15) is 23.6 Å². The lowest BCUT2D eigenvalue weighted by molar-refractivity contribution is 1.17. The van der Waals surface area contributed by atoms with Gasteiger partial charge in [-0.1, -0.05) is 49.1 Å². The third-order valence-electron chi connectivity index (χ3n) is 2.74. The molecule has 0 aromatic heterocycles. The van der Waals surface area contributed by atoms with E-state index in [1.54, 1.807) is 0 Å². The van der Waals surface area contributed by atoms with Gasteiger partial charge in [0.2, 0.25) is 0 Å². The summed E-state index contributed by atoms with van der Waals surface area (Å²) < 4.78 is 0. The molecule has 0 heteroatoms. The van der Waals surface area contributed by atoms with Crippen molar-refractivity contribution in [2.24, 2.45) is 0 Å². The van der Waals surface area contributed by atoms with Gasteiger partial charge in [-0.15, -0.1) is 0 Å². The van der Waals surface area contributed by atoms with Crippen molar-refractivity contribution in [1.29, 1.82) is 0 Å². The second-order valence-electron chi connectivity index (χ2n) is 4.07. The molecule has 84 valence electrons. The van der Waals surface area contributed by atoms with Crippen molar-refractivity contribution in [3.8, 4) is 0 Å². The minimum Gasteiger partial charge on any atom is -0.0988 e. The second-order valence-corrected chi connectivity index (χ2v) is 4.07. The summed E-state index contributed by atoms with van der Waals surface area (Å²) in [5.74, 6) is 0. The molecule has 0 nitrogen and oxygen atoms in total. The molecule has 0 radical (unpaired) electrons. The SMILES string of the molecule is C=C/C(=C/C=C\C)Cc1ccc(C)c(C)c1. The molecule has 16 heavy (non-hydrogen) atoms. The molecule has 0 atom stereocenters. The van der Waals surface area contributed by atoms with Gasteiger partial charge in [-0.25, -0.2) is 0 Å². The van der Waals surface area contributed by atoms with Crippen molar-refractivity contribution >= 4 is 0 Å². The first-order valence-electron chi connectivity index (χ1n) is 5.67. The van der Waals surface area contributed by atoms with Crippen molar-refractivity contribution < 1.29 is 0 Å². The third kappa shape index (κ3) is 3.54. The molecule has 0 saturated heterocycles. The first-order valence-corrected chi connectivity index (χ1v) is 5.67. The Morgan fingerprint density at radius 1 is 1.25 bits per heavy atom. The lowest BCUT2D eigenvalue weighted by atomic mass is 10.0. The number of benzene rings is 1. The Kier molecular flexibility index (Phi) is 4.78. The highest BCUT2D eigenvalue weighted by Crippen LogP contribution is 2.14. The maximum atomic E-state index is 3.85. The van der Waals surface area contributed by atoms with E-state index in [-0.39, 0.29) is 0 Å². The summed E-state index contributed by atoms with van der Waals surface area (Å²) in [4.78, 5) is 0. The maximum absolute atomic E-state index is 3.85. The zero-order valence-electron chi connectivity index (χ0n) is 10.5. The van der Waals surface area contributed by atoms with Crippen LogP contribution in [0.4, 0.5) is 0 Å². The predicted molar refractivity (Wildman–Crippen MR) is 72.7 cm³/mol. The minimum absolute atomic E-state index is 0.953. The van der Waals surface area contributed by atoms with Gasteiger partial charge >= 0.3 is 0 Å². The highest BCUT2D eigenvalue weighted by molar-refractivity contribution is 5.35. The Morgan fingerprint density at radius 3 is 2.56 bits per heavy atom. The van der Waals surface area contributed by atoms with Crippen LogP contribution in [0.25, 0.3) is 0 Å². The average Bonchev–Trinajstić information content (AvgIpc) is 2.29. The van der Waals surface area contributed by atoms with Crippen molar-refractivity contribution in [2.75, 3.05) is 0 Å². The number of hydrogen-bond acceptors (Lipinski definition) is 0. The topological polar surface area (TPSA) is 0 Å². The van der Waals surface area contributed by atoms with Crippen LogP contribution in [-0.2, 0) is 6.42 Å². The van der Waals surface area contributed by atoms with E-state index in [4.69, 9.17) is 0 Å². The van der Waals surface area contributed by atoms with Gasteiger partial charge in [0.05, 0.1) is 0 Å². The molecule has 0 spiro atoms. The first-order chi connectivity index (χ1) is 7.67. The fourth-order valence-corrected chi connectivity index (χ4v) is 1.57. The first kappa shape index (κ1) is 12.5. The fraction of sp³-hybridized carbons (Fsp3) is 0.250. The molecule has 1 rings (SSSR count). The van der Waals surface area contributed by atoms with E-state index < -0.39 is 0 Å². The normalized spacial score (nSPS) is 12.1. The molecule has 0 N–H and O–H groups in total. The van der Waals surface area contributed by atoms with E-state index in [9.17, 15) is 0 Å². The summed E-state index contributed by atoms with van der Waals surface area (Å²) in [6.45, 7) is 10.2. The van der Waals surface area contributed by atoms with E-state index in [2.05, 4.69) is 50.8 Å². The zero-order valence-corrected chi connectivity index (χ0v) is 10.5. The van der Waals surface area contributed by atoms with Crippen molar-refractivity contribution in [1.82, 2.24) is 0 Å². The van der Waals surface area contributed by atoms with E-state index in [0.29, 0.717) is 0 Å². The molecule has 1 aromatic rings. The Hall–Kier alpha value is -1.56. The summed E-state index contributed by atoms with van der Waals surface area (Å²) in [6.07, 6.45) is 9.08. The molecule has 0 fully saturated rings. The largest absolute Gasteiger partial charge is 0.0988 e. The van der Waals surface area contributed by atoms with Gasteiger partial charge in [0.25, 0.3) is 0 Å². The molecule has 0 amide bonds. The smallest absolute Gasteiger partial charge is 0.00259 e. The van der Waals surface area contributed by atoms with Crippen LogP contribution in [0, 0.1) is 13.8 Å². The molecular formula is C16H20. The minimum atomic E-state index is 0.953. The summed E-state index contributed by atoms with van der Waals surface area (Å²) in [6, 6.07) is 6.62. The Balaban J connectivity index is 2.86. The molecule has 1 aromatic carbocycles. The van der Waals surface area contributed by atoms with Gasteiger partial charge in [0.1, 0.15) is 0 Å². The average molecular weight is 212 g/mol. The monoisotopic (exact) mass is 212 g/mol. The van der Waals surface area contributed by atoms with E-state index in [1.165, 1.54) is 22.3 Å². The Labute approximate surface area is 99.0 Å². The van der Waals surface area contributed by atoms with Crippen LogP contribution in [0.15, 0.2) is 54.7 Å². The molecule has 0 aliphatic rings. The van der Waals surface area contributed by atoms with Crippen LogP contribution in [0.2, 0.25) is 0 Å². The molecule has 0 aliphatic heterocycles. The van der Waals surface area contributed by atoms with Gasteiger partial charge in [0.15, 0.2) is 0 Å². The molecule has 0 aliphatic carbocycles. The molecule has 0 unspecified atom stereocenters. The van der Waals surface area contributed by atoms with Gasteiger partial charge in [-0.3, -0.25) is 0 Å². The molecule has 0 saturated carbocycles. The van der Waals surface area contributed by atoms with E-state index >= 15 is 0 Å². The van der Waals surface area contributed by atoms with E-state index in [1.807, 2.05) is 19.1 Å². The highest BCUT2D eigenvalue weighted by atomic mass is 14.0. The van der Waals surface area contributed by atoms with Crippen molar-refractivity contribution in [3.63, 3.8) is 0 Å². The van der Waals surface area contributed by atoms with Gasteiger partial charge in [0, 0.05) is 0 Å². The van der Waals surface area contributed by atoms with Crippen molar-refractivity contribution in [3.05, 3.63) is 71.3 Å². The van der Waals surface area contributed by atoms with Crippen LogP contribution in [0.3, 0.4) is 0 Å². The molecule has 0 heterocycles. The van der Waals surface area contributed by atoms with Crippen LogP contribution >= 0.6 is 0 Å². The predicted octanol–water partition coefficient (Wildman–Crippen LogP) is 4.53. The Morgan fingerprint density at radius 2 is 2.00 bits per heavy atom. The highest BCUT2D eigenvalue weighted by Gasteiger charge is 1.98. The summed E-state index contributed by atoms with van der Waals surface area (Å²) in [7, 11) is 0. The van der Waals surface area contributed by atoms with Crippen LogP contribution in [-0.4, -0.2) is 0 Å². The standard InChI is InChI=1S/C16H20/c1-5-7-8-15(6-2)12-16-10-9-13(3)14(4)11-16/h5-11H,2,12H2,1,3-4H3/b7-5-,15-8-. The number of aryl methyl sites for hydroxylation is 2. The summed E-state index contributed by atoms with van der Waals surface area (Å²) in [5, 5.41) is 0. The van der Waals surface area contributed by atoms with Crippen LogP contribution in [0.5, 0.6) is 0 Å². The number of allylic oxidation sites excluding steroid dienone is 5. The van der Waals surface area contributed by atoms with E-state index in [0.717, 1.165) is 6.42 Å². The third-order valence-corrected chi connectivity index (χ3v) is 2.74. The number of hydrogen-bond donors (Lipinski definition) is 0. The summed E-state index contributed by atoms with van der Waals surface area (Å²) in [5.41, 5.74) is 5.30. The van der Waals surface area contributed by atoms with Gasteiger partial charge < -0.3 is 0 Å². The zero-order chi connectivity index (χ0) is 12.0. The van der Waals surface area contributed by atoms with Crippen LogP contribution < -0.4 is 0 Å². The maximum Gasteiger partial charge on any atom is -0.00259 e. The molecule has 0 bridgehead atoms. The second kappa shape index (κ2) is 6.12. The Bertz CT molecular complexity index is 420. The quantitative estimate of drug-likeness (QED) is 0.643. The fourth-order valence-electron chi connectivity index (χ4n) is 1.57. The molecular weight excluding hydrogens is 192 g/mol. The number of rotatable bonds is 4. The van der Waals surface area contributed by atoms with Gasteiger partial charge in [-0.2, -0.15) is 0 Å². The lowest BCUT2D eigenvalue weighted by Gasteiger charge is -2.05.